The van der Waals surface area contributed by atoms with Crippen LogP contribution in [-0.4, -0.2) is 42.1 Å². The maximum Gasteiger partial charge on any atom is 0.225 e. The van der Waals surface area contributed by atoms with Crippen LogP contribution in [0.3, 0.4) is 0 Å². The molecule has 32 heavy (non-hydrogen) atoms. The van der Waals surface area contributed by atoms with Crippen LogP contribution in [0.15, 0.2) is 36.4 Å². The lowest BCUT2D eigenvalue weighted by Gasteiger charge is -2.40. The fourth-order valence-corrected chi connectivity index (χ4v) is 5.57. The van der Waals surface area contributed by atoms with Gasteiger partial charge in [0.1, 0.15) is 17.5 Å². The number of hydrogen-bond acceptors (Lipinski definition) is 2. The smallest absolute Gasteiger partial charge is 0.225 e. The summed E-state index contributed by atoms with van der Waals surface area (Å²) in [6.45, 7) is 3.00. The molecule has 0 bridgehead atoms. The summed E-state index contributed by atoms with van der Waals surface area (Å²) in [7, 11) is 0. The molecule has 1 amide bonds. The fraction of sp³-hybridized carbons (Fsp3) is 0.400. The van der Waals surface area contributed by atoms with E-state index in [0.717, 1.165) is 44.4 Å². The van der Waals surface area contributed by atoms with E-state index in [4.69, 9.17) is 4.74 Å². The second-order valence-corrected chi connectivity index (χ2v) is 9.60. The van der Waals surface area contributed by atoms with E-state index in [-0.39, 0.29) is 34.5 Å². The molecular formula is C25H23F3N2O2. The molecule has 0 unspecified atom stereocenters. The van der Waals surface area contributed by atoms with E-state index in [1.807, 2.05) is 4.90 Å². The largest absolute Gasteiger partial charge is 0.380 e. The van der Waals surface area contributed by atoms with Gasteiger partial charge in [-0.3, -0.25) is 4.79 Å². The van der Waals surface area contributed by atoms with Crippen LogP contribution in [0.1, 0.15) is 30.7 Å². The zero-order valence-electron chi connectivity index (χ0n) is 17.5. The average Bonchev–Trinajstić information content (AvgIpc) is 3.31. The SMILES string of the molecule is O=C([C@H]1C[C@H](c2c(-c3ccc(F)cc3)[nH]c3c(F)cc(F)cc32)C1)N1CCC2(COC2)C1. The molecule has 2 saturated heterocycles. The van der Waals surface area contributed by atoms with E-state index < -0.39 is 11.6 Å². The van der Waals surface area contributed by atoms with Gasteiger partial charge in [-0.2, -0.15) is 0 Å². The van der Waals surface area contributed by atoms with E-state index in [1.54, 1.807) is 12.1 Å². The molecule has 1 saturated carbocycles. The molecule has 2 aromatic carbocycles. The molecular weight excluding hydrogens is 417 g/mol. The first-order chi connectivity index (χ1) is 15.4. The quantitative estimate of drug-likeness (QED) is 0.623. The van der Waals surface area contributed by atoms with Gasteiger partial charge in [0, 0.05) is 35.9 Å². The third-order valence-corrected chi connectivity index (χ3v) is 7.46. The number of rotatable bonds is 3. The molecule has 3 aliphatic rings. The maximum atomic E-state index is 14.5. The maximum absolute atomic E-state index is 14.5. The molecule has 166 valence electrons. The van der Waals surface area contributed by atoms with Crippen LogP contribution in [-0.2, 0) is 9.53 Å². The van der Waals surface area contributed by atoms with Crippen molar-refractivity contribution in [1.82, 2.24) is 9.88 Å². The van der Waals surface area contributed by atoms with Crippen LogP contribution in [0.2, 0.25) is 0 Å². The highest BCUT2D eigenvalue weighted by atomic mass is 19.1. The Hall–Kier alpha value is -2.80. The van der Waals surface area contributed by atoms with E-state index >= 15 is 0 Å². The number of likely N-dealkylation sites (tertiary alicyclic amines) is 1. The second kappa shape index (κ2) is 7.10. The molecule has 1 N–H and O–H groups in total. The number of carbonyl (C=O) groups is 1. The van der Waals surface area contributed by atoms with Crippen molar-refractivity contribution in [3.8, 4) is 11.3 Å². The number of fused-ring (bicyclic) bond motifs is 1. The lowest BCUT2D eigenvalue weighted by atomic mass is 9.69. The first kappa shape index (κ1) is 19.9. The highest BCUT2D eigenvalue weighted by Gasteiger charge is 2.48. The summed E-state index contributed by atoms with van der Waals surface area (Å²) in [5, 5.41) is 0.490. The molecule has 4 nitrogen and oxygen atoms in total. The molecule has 3 fully saturated rings. The monoisotopic (exact) mass is 440 g/mol. The van der Waals surface area contributed by atoms with Crippen molar-refractivity contribution in [3.63, 3.8) is 0 Å². The second-order valence-electron chi connectivity index (χ2n) is 9.60. The third-order valence-electron chi connectivity index (χ3n) is 7.46. The topological polar surface area (TPSA) is 45.3 Å². The van der Waals surface area contributed by atoms with E-state index in [2.05, 4.69) is 4.98 Å². The number of hydrogen-bond donors (Lipinski definition) is 1. The predicted molar refractivity (Wildman–Crippen MR) is 114 cm³/mol. The Morgan fingerprint density at radius 3 is 2.47 bits per heavy atom. The number of aromatic amines is 1. The summed E-state index contributed by atoms with van der Waals surface area (Å²) in [5.41, 5.74) is 2.56. The van der Waals surface area contributed by atoms with Gasteiger partial charge in [0.15, 0.2) is 0 Å². The molecule has 3 aromatic rings. The zero-order chi connectivity index (χ0) is 22.0. The molecule has 0 atom stereocenters. The number of nitrogens with zero attached hydrogens (tertiary/aromatic N) is 1. The Labute approximate surface area is 183 Å². The van der Waals surface area contributed by atoms with Crippen molar-refractivity contribution in [2.24, 2.45) is 11.3 Å². The minimum atomic E-state index is -0.661. The molecule has 3 heterocycles. The summed E-state index contributed by atoms with van der Waals surface area (Å²) < 4.78 is 47.4. The summed E-state index contributed by atoms with van der Waals surface area (Å²) in [6, 6.07) is 8.15. The van der Waals surface area contributed by atoms with Crippen LogP contribution < -0.4 is 0 Å². The summed E-state index contributed by atoms with van der Waals surface area (Å²) in [6.07, 6.45) is 2.26. The van der Waals surface area contributed by atoms with Gasteiger partial charge < -0.3 is 14.6 Å². The van der Waals surface area contributed by atoms with E-state index in [1.165, 1.54) is 18.2 Å². The number of ether oxygens (including phenoxy) is 1. The molecule has 7 heteroatoms. The minimum absolute atomic E-state index is 0.00236. The highest BCUT2D eigenvalue weighted by Crippen LogP contribution is 2.49. The lowest BCUT2D eigenvalue weighted by Crippen LogP contribution is -2.47. The number of aromatic nitrogens is 1. The van der Waals surface area contributed by atoms with Crippen LogP contribution in [0, 0.1) is 28.8 Å². The number of H-pyrrole nitrogens is 1. The number of carbonyl (C=O) groups excluding carboxylic acids is 1. The molecule has 1 aromatic heterocycles. The van der Waals surface area contributed by atoms with E-state index in [9.17, 15) is 18.0 Å². The van der Waals surface area contributed by atoms with Gasteiger partial charge in [-0.15, -0.1) is 0 Å². The van der Waals surface area contributed by atoms with E-state index in [0.29, 0.717) is 29.5 Å². The number of nitrogens with one attached hydrogen (secondary N) is 1. The summed E-state index contributed by atoms with van der Waals surface area (Å²) in [4.78, 5) is 18.1. The summed E-state index contributed by atoms with van der Waals surface area (Å²) in [5.74, 6) is -1.57. The lowest BCUT2D eigenvalue weighted by molar-refractivity contribution is -0.141. The van der Waals surface area contributed by atoms with Crippen LogP contribution >= 0.6 is 0 Å². The summed E-state index contributed by atoms with van der Waals surface area (Å²) >= 11 is 0. The first-order valence-corrected chi connectivity index (χ1v) is 11.1. The predicted octanol–water partition coefficient (Wildman–Crippen LogP) is 4.99. The Balaban J connectivity index is 1.30. The molecule has 6 rings (SSSR count). The van der Waals surface area contributed by atoms with Gasteiger partial charge in [0.05, 0.1) is 24.4 Å². The average molecular weight is 440 g/mol. The normalized spacial score (nSPS) is 24.0. The van der Waals surface area contributed by atoms with Crippen molar-refractivity contribution < 1.29 is 22.7 Å². The van der Waals surface area contributed by atoms with Crippen molar-refractivity contribution in [2.75, 3.05) is 26.3 Å². The van der Waals surface area contributed by atoms with Gasteiger partial charge in [-0.25, -0.2) is 13.2 Å². The molecule has 0 radical (unpaired) electrons. The van der Waals surface area contributed by atoms with Crippen molar-refractivity contribution in [1.29, 1.82) is 0 Å². The zero-order valence-corrected chi connectivity index (χ0v) is 17.5. The highest BCUT2D eigenvalue weighted by molar-refractivity contribution is 5.92. The Bertz CT molecular complexity index is 1210. The third kappa shape index (κ3) is 3.05. The van der Waals surface area contributed by atoms with Crippen LogP contribution in [0.25, 0.3) is 22.2 Å². The van der Waals surface area contributed by atoms with Gasteiger partial charge in [-0.05, 0) is 66.6 Å². The van der Waals surface area contributed by atoms with Gasteiger partial charge >= 0.3 is 0 Å². The number of halogens is 3. The number of benzene rings is 2. The minimum Gasteiger partial charge on any atom is -0.380 e. The molecule has 1 aliphatic carbocycles. The van der Waals surface area contributed by atoms with Crippen molar-refractivity contribution in [3.05, 3.63) is 59.4 Å². The standard InChI is InChI=1S/C25H23F3N2O2/c26-17-3-1-14(2-4-17)22-21(19-9-18(27)10-20(28)23(19)29-22)15-7-16(8-15)24(31)30-6-5-25(11-30)12-32-13-25/h1-4,9-10,15-16,29H,5-8,11-13H2/t15-,16-. The van der Waals surface area contributed by atoms with Gasteiger partial charge in [0.2, 0.25) is 5.91 Å². The first-order valence-electron chi connectivity index (χ1n) is 11.1. The van der Waals surface area contributed by atoms with Crippen LogP contribution in [0.5, 0.6) is 0 Å². The van der Waals surface area contributed by atoms with Gasteiger partial charge in [0.25, 0.3) is 0 Å². The van der Waals surface area contributed by atoms with Crippen molar-refractivity contribution >= 4 is 16.8 Å². The fourth-order valence-electron chi connectivity index (χ4n) is 5.57. The Kier molecular flexibility index (Phi) is 4.41. The molecule has 2 aliphatic heterocycles. The molecule has 1 spiro atoms. The van der Waals surface area contributed by atoms with Crippen LogP contribution in [0.4, 0.5) is 13.2 Å². The number of amides is 1. The Morgan fingerprint density at radius 1 is 1.06 bits per heavy atom. The Morgan fingerprint density at radius 2 is 1.81 bits per heavy atom. The van der Waals surface area contributed by atoms with Gasteiger partial charge in [-0.1, -0.05) is 0 Å². The van der Waals surface area contributed by atoms with Crippen molar-refractivity contribution in [2.45, 2.75) is 25.2 Å².